The molecule has 0 saturated heterocycles. The van der Waals surface area contributed by atoms with Crippen molar-refractivity contribution in [3.05, 3.63) is 45.8 Å². The molecule has 1 aromatic heterocycles. The first kappa shape index (κ1) is 13.2. The Labute approximate surface area is 123 Å². The first-order valence-electron chi connectivity index (χ1n) is 4.91. The number of nitrogens with zero attached hydrogens (tertiary/aromatic N) is 2. The average Bonchev–Trinajstić information content (AvgIpc) is 2.33. The van der Waals surface area contributed by atoms with Gasteiger partial charge in [0.15, 0.2) is 5.82 Å². The predicted octanol–water partition coefficient (Wildman–Crippen LogP) is 3.27. The fraction of sp³-hybridized carbons (Fsp3) is 0. The molecule has 7 heteroatoms. The summed E-state index contributed by atoms with van der Waals surface area (Å²) >= 11 is 14.4. The Bertz CT molecular complexity index is 605. The number of aromatic nitrogens is 2. The van der Waals surface area contributed by atoms with Crippen LogP contribution < -0.4 is 11.1 Å². The largest absolute Gasteiger partial charge is 0.388 e. The van der Waals surface area contributed by atoms with E-state index in [1.54, 1.807) is 12.3 Å². The Balaban J connectivity index is 2.37. The van der Waals surface area contributed by atoms with Gasteiger partial charge in [-0.25, -0.2) is 9.97 Å². The molecule has 4 nitrogen and oxygen atoms in total. The number of halogens is 2. The van der Waals surface area contributed by atoms with E-state index in [-0.39, 0.29) is 4.99 Å². The Kier molecular flexibility index (Phi) is 4.11. The summed E-state index contributed by atoms with van der Waals surface area (Å²) in [5.41, 5.74) is 6.72. The topological polar surface area (TPSA) is 63.8 Å². The highest BCUT2D eigenvalue weighted by Crippen LogP contribution is 2.28. The van der Waals surface area contributed by atoms with Crippen LogP contribution in [0, 0.1) is 0 Å². The Morgan fingerprint density at radius 1 is 1.33 bits per heavy atom. The summed E-state index contributed by atoms with van der Waals surface area (Å²) in [7, 11) is 0. The summed E-state index contributed by atoms with van der Waals surface area (Å²) in [6.45, 7) is 0. The molecule has 0 atom stereocenters. The van der Waals surface area contributed by atoms with Crippen molar-refractivity contribution < 1.29 is 0 Å². The second-order valence-corrected chi connectivity index (χ2v) is 5.13. The van der Waals surface area contributed by atoms with Crippen molar-refractivity contribution in [2.45, 2.75) is 0 Å². The molecule has 0 amide bonds. The van der Waals surface area contributed by atoms with Gasteiger partial charge in [0.1, 0.15) is 10.7 Å². The zero-order valence-electron chi connectivity index (χ0n) is 9.02. The maximum absolute atomic E-state index is 6.11. The molecule has 0 saturated carbocycles. The zero-order valence-corrected chi connectivity index (χ0v) is 12.2. The summed E-state index contributed by atoms with van der Waals surface area (Å²) in [6, 6.07) is 5.47. The number of hydrogen-bond donors (Lipinski definition) is 2. The van der Waals surface area contributed by atoms with Crippen LogP contribution in [-0.2, 0) is 0 Å². The highest BCUT2D eigenvalue weighted by Gasteiger charge is 2.09. The summed E-state index contributed by atoms with van der Waals surface area (Å²) < 4.78 is 0.895. The zero-order chi connectivity index (χ0) is 13.1. The van der Waals surface area contributed by atoms with E-state index in [9.17, 15) is 0 Å². The summed E-state index contributed by atoms with van der Waals surface area (Å²) in [6.07, 6.45) is 3.08. The molecular weight excluding hydrogens is 336 g/mol. The van der Waals surface area contributed by atoms with E-state index in [0.29, 0.717) is 22.2 Å². The minimum absolute atomic E-state index is 0.179. The predicted molar refractivity (Wildman–Crippen MR) is 80.4 cm³/mol. The average molecular weight is 344 g/mol. The Morgan fingerprint density at radius 2 is 2.06 bits per heavy atom. The molecule has 1 heterocycles. The number of benzene rings is 1. The lowest BCUT2D eigenvalue weighted by molar-refractivity contribution is 1.18. The van der Waals surface area contributed by atoms with Crippen LogP contribution in [0.5, 0.6) is 0 Å². The fourth-order valence-corrected chi connectivity index (χ4v) is 2.20. The number of thiocarbonyl (C=S) groups is 1. The van der Waals surface area contributed by atoms with Gasteiger partial charge in [-0.15, -0.1) is 0 Å². The molecule has 0 aliphatic carbocycles. The minimum atomic E-state index is 0.179. The van der Waals surface area contributed by atoms with Crippen LogP contribution in [0.25, 0.3) is 0 Å². The van der Waals surface area contributed by atoms with Gasteiger partial charge < -0.3 is 11.1 Å². The summed E-state index contributed by atoms with van der Waals surface area (Å²) in [5.74, 6) is 0.481. The standard InChI is InChI=1S/C11H8BrClN4S/c12-6-1-2-8(7(13)5-6)17-11-9(10(14)18)15-3-4-16-11/h1-5H,(H2,14,18)(H,16,17). The van der Waals surface area contributed by atoms with Crippen LogP contribution in [-0.4, -0.2) is 15.0 Å². The highest BCUT2D eigenvalue weighted by atomic mass is 79.9. The number of hydrogen-bond acceptors (Lipinski definition) is 4. The lowest BCUT2D eigenvalue weighted by Crippen LogP contribution is -2.15. The molecular formula is C11H8BrClN4S. The van der Waals surface area contributed by atoms with E-state index < -0.39 is 0 Å². The van der Waals surface area contributed by atoms with Gasteiger partial charge in [-0.1, -0.05) is 39.7 Å². The van der Waals surface area contributed by atoms with Gasteiger partial charge in [-0.05, 0) is 18.2 Å². The molecule has 1 aromatic carbocycles. The molecule has 0 fully saturated rings. The summed E-state index contributed by atoms with van der Waals surface area (Å²) in [5, 5.41) is 3.61. The molecule has 0 aliphatic heterocycles. The lowest BCUT2D eigenvalue weighted by atomic mass is 10.3. The number of nitrogens with two attached hydrogens (primary N) is 1. The van der Waals surface area contributed by atoms with E-state index in [2.05, 4.69) is 31.2 Å². The third-order valence-electron chi connectivity index (χ3n) is 2.12. The van der Waals surface area contributed by atoms with Crippen LogP contribution in [0.1, 0.15) is 5.69 Å². The SMILES string of the molecule is NC(=S)c1nccnc1Nc1ccc(Br)cc1Cl. The molecule has 0 bridgehead atoms. The van der Waals surface area contributed by atoms with Gasteiger partial charge in [-0.2, -0.15) is 0 Å². The number of nitrogens with one attached hydrogen (secondary N) is 1. The van der Waals surface area contributed by atoms with E-state index in [0.717, 1.165) is 4.47 Å². The van der Waals surface area contributed by atoms with Crippen LogP contribution in [0.15, 0.2) is 35.1 Å². The van der Waals surface area contributed by atoms with E-state index in [4.69, 9.17) is 29.6 Å². The van der Waals surface area contributed by atoms with Crippen molar-refractivity contribution in [2.75, 3.05) is 5.32 Å². The first-order valence-corrected chi connectivity index (χ1v) is 6.48. The quantitative estimate of drug-likeness (QED) is 0.837. The van der Waals surface area contributed by atoms with Crippen LogP contribution >= 0.6 is 39.7 Å². The number of rotatable bonds is 3. The molecule has 0 radical (unpaired) electrons. The molecule has 2 rings (SSSR count). The molecule has 0 unspecified atom stereocenters. The third-order valence-corrected chi connectivity index (χ3v) is 3.12. The molecule has 2 aromatic rings. The van der Waals surface area contributed by atoms with Gasteiger partial charge in [0.25, 0.3) is 0 Å². The van der Waals surface area contributed by atoms with E-state index >= 15 is 0 Å². The fourth-order valence-electron chi connectivity index (χ4n) is 1.33. The van der Waals surface area contributed by atoms with E-state index in [1.165, 1.54) is 6.20 Å². The second kappa shape index (κ2) is 5.60. The van der Waals surface area contributed by atoms with Crippen molar-refractivity contribution in [2.24, 2.45) is 5.73 Å². The lowest BCUT2D eigenvalue weighted by Gasteiger charge is -2.10. The molecule has 18 heavy (non-hydrogen) atoms. The van der Waals surface area contributed by atoms with Gasteiger partial charge in [0.05, 0.1) is 10.7 Å². The van der Waals surface area contributed by atoms with Crippen LogP contribution in [0.4, 0.5) is 11.5 Å². The Hall–Kier alpha value is -1.24. The van der Waals surface area contributed by atoms with Crippen molar-refractivity contribution >= 4 is 56.2 Å². The van der Waals surface area contributed by atoms with Crippen molar-refractivity contribution in [1.82, 2.24) is 9.97 Å². The second-order valence-electron chi connectivity index (χ2n) is 3.37. The van der Waals surface area contributed by atoms with Crippen LogP contribution in [0.3, 0.4) is 0 Å². The third kappa shape index (κ3) is 2.95. The van der Waals surface area contributed by atoms with Crippen molar-refractivity contribution in [1.29, 1.82) is 0 Å². The Morgan fingerprint density at radius 3 is 2.72 bits per heavy atom. The van der Waals surface area contributed by atoms with Gasteiger partial charge in [0.2, 0.25) is 0 Å². The summed E-state index contributed by atoms with van der Waals surface area (Å²) in [4.78, 5) is 8.40. The number of anilines is 2. The van der Waals surface area contributed by atoms with Crippen LogP contribution in [0.2, 0.25) is 5.02 Å². The van der Waals surface area contributed by atoms with E-state index in [1.807, 2.05) is 12.1 Å². The van der Waals surface area contributed by atoms with Crippen molar-refractivity contribution in [3.8, 4) is 0 Å². The van der Waals surface area contributed by atoms with Crippen molar-refractivity contribution in [3.63, 3.8) is 0 Å². The first-order chi connectivity index (χ1) is 8.58. The molecule has 0 spiro atoms. The highest BCUT2D eigenvalue weighted by molar-refractivity contribution is 9.10. The minimum Gasteiger partial charge on any atom is -0.388 e. The maximum atomic E-state index is 6.11. The smallest absolute Gasteiger partial charge is 0.159 e. The molecule has 0 aliphatic rings. The van der Waals surface area contributed by atoms with Gasteiger partial charge in [0, 0.05) is 16.9 Å². The van der Waals surface area contributed by atoms with Gasteiger partial charge >= 0.3 is 0 Å². The maximum Gasteiger partial charge on any atom is 0.159 e. The van der Waals surface area contributed by atoms with Gasteiger partial charge in [-0.3, -0.25) is 0 Å². The monoisotopic (exact) mass is 342 g/mol. The normalized spacial score (nSPS) is 10.1. The molecule has 3 N–H and O–H groups in total. The molecule has 92 valence electrons.